The van der Waals surface area contributed by atoms with Gasteiger partial charge in [0.25, 0.3) is 0 Å². The maximum Gasteiger partial charge on any atom is 0.410 e. The summed E-state index contributed by atoms with van der Waals surface area (Å²) in [6.45, 7) is 5.55. The predicted molar refractivity (Wildman–Crippen MR) is 70.4 cm³/mol. The summed E-state index contributed by atoms with van der Waals surface area (Å²) in [6.07, 6.45) is -0.447. The second-order valence-corrected chi connectivity index (χ2v) is 7.76. The van der Waals surface area contributed by atoms with Crippen LogP contribution in [0.2, 0.25) is 0 Å². The smallest absolute Gasteiger partial charge is 0.410 e. The summed E-state index contributed by atoms with van der Waals surface area (Å²) in [5.74, 6) is 0. The predicted octanol–water partition coefficient (Wildman–Crippen LogP) is 0.260. The van der Waals surface area contributed by atoms with Crippen molar-refractivity contribution in [2.45, 2.75) is 36.2 Å². The fourth-order valence-corrected chi connectivity index (χ4v) is 1.64. The average molecular weight is 292 g/mol. The maximum absolute atomic E-state index is 14.2. The molecule has 0 aromatic heterocycles. The zero-order valence-corrected chi connectivity index (χ0v) is 12.0. The number of hydrogen-bond acceptors (Lipinski definition) is 2. The summed E-state index contributed by atoms with van der Waals surface area (Å²) < 4.78 is 18.7. The first-order chi connectivity index (χ1) is 6.95. The zero-order valence-electron chi connectivity index (χ0n) is 10.4. The van der Waals surface area contributed by atoms with E-state index in [0.29, 0.717) is 0 Å². The van der Waals surface area contributed by atoms with Gasteiger partial charge in [-0.3, -0.25) is 0 Å². The molecular weight excluding hydrogens is 275 g/mol. The molecule has 1 amide bonds. The lowest BCUT2D eigenvalue weighted by Gasteiger charge is -2.50. The van der Waals surface area contributed by atoms with Crippen molar-refractivity contribution < 1.29 is 13.9 Å². The highest BCUT2D eigenvalue weighted by Crippen LogP contribution is 2.38. The Bertz CT molecular complexity index is 295. The van der Waals surface area contributed by atoms with E-state index in [9.17, 15) is 9.18 Å². The van der Waals surface area contributed by atoms with Crippen LogP contribution >= 0.6 is 15.9 Å². The van der Waals surface area contributed by atoms with Crippen molar-refractivity contribution in [1.29, 1.82) is 0 Å². The van der Waals surface area contributed by atoms with Gasteiger partial charge in [-0.15, -0.1) is 15.9 Å². The molecule has 16 heavy (non-hydrogen) atoms. The lowest BCUT2D eigenvalue weighted by molar-refractivity contribution is -0.0473. The molecule has 1 saturated heterocycles. The number of nitrogens with zero attached hydrogens (tertiary/aromatic N) is 1. The normalized spacial score (nSPS) is 20.2. The third-order valence-corrected chi connectivity index (χ3v) is 3.31. The topological polar surface area (TPSA) is 29.5 Å². The van der Waals surface area contributed by atoms with Crippen LogP contribution in [0.3, 0.4) is 0 Å². The monoisotopic (exact) mass is 291 g/mol. The van der Waals surface area contributed by atoms with Crippen LogP contribution in [0, 0.1) is 0 Å². The highest BCUT2D eigenvalue weighted by molar-refractivity contribution is 9.11. The second-order valence-electron chi connectivity index (χ2n) is 5.77. The molecule has 0 aromatic rings. The van der Waals surface area contributed by atoms with Crippen molar-refractivity contribution in [3.05, 3.63) is 0 Å². The van der Waals surface area contributed by atoms with Crippen LogP contribution < -0.4 is 0 Å². The Balaban J connectivity index is 2.51. The van der Waals surface area contributed by atoms with Crippen molar-refractivity contribution in [2.75, 3.05) is 13.1 Å². The Morgan fingerprint density at radius 3 is 2.19 bits per heavy atom. The van der Waals surface area contributed by atoms with Gasteiger partial charge < -0.3 is 9.64 Å². The summed E-state index contributed by atoms with van der Waals surface area (Å²) in [7, 11) is 3.53. The van der Waals surface area contributed by atoms with E-state index in [0.717, 1.165) is 0 Å². The Kier molecular flexibility index (Phi) is 3.41. The van der Waals surface area contributed by atoms with Crippen LogP contribution in [0.5, 0.6) is 0 Å². The van der Waals surface area contributed by atoms with E-state index in [2.05, 4.69) is 15.9 Å². The van der Waals surface area contributed by atoms with E-state index >= 15 is 0 Å². The van der Waals surface area contributed by atoms with Gasteiger partial charge in [0.05, 0.1) is 13.1 Å². The van der Waals surface area contributed by atoms with Gasteiger partial charge in [-0.1, -0.05) is 0 Å². The molecule has 1 fully saturated rings. The van der Waals surface area contributed by atoms with E-state index in [4.69, 9.17) is 4.74 Å². The van der Waals surface area contributed by atoms with Crippen LogP contribution in [-0.4, -0.2) is 55.2 Å². The first-order valence-corrected chi connectivity index (χ1v) is 6.10. The number of hydrogen-bond donors (Lipinski definition) is 0. The second kappa shape index (κ2) is 3.93. The summed E-state index contributed by atoms with van der Waals surface area (Å²) in [5, 5.41) is 0. The number of ether oxygens (including phenoxy) is 1. The van der Waals surface area contributed by atoms with Crippen LogP contribution in [0.25, 0.3) is 0 Å². The number of alkyl halides is 2. The highest BCUT2D eigenvalue weighted by atomic mass is 79.9. The molecule has 1 heterocycles. The van der Waals surface area contributed by atoms with Crippen LogP contribution in [0.4, 0.5) is 9.18 Å². The SMILES string of the molecule is BC(B)(Br)C1(F)CN(C(=O)OC(C)(C)C)C1. The van der Waals surface area contributed by atoms with Crippen molar-refractivity contribution in [3.8, 4) is 0 Å². The average Bonchev–Trinajstić information content (AvgIpc) is 1.92. The van der Waals surface area contributed by atoms with Gasteiger partial charge in [-0.05, 0) is 20.8 Å². The number of likely N-dealkylation sites (tertiary alicyclic amines) is 1. The van der Waals surface area contributed by atoms with E-state index in [1.807, 2.05) is 0 Å². The van der Waals surface area contributed by atoms with Gasteiger partial charge >= 0.3 is 6.09 Å². The van der Waals surface area contributed by atoms with Gasteiger partial charge in [-0.25, -0.2) is 9.18 Å². The number of carbonyl (C=O) groups is 1. The van der Waals surface area contributed by atoms with Crippen LogP contribution in [-0.2, 0) is 4.74 Å². The molecule has 90 valence electrons. The zero-order chi connectivity index (χ0) is 12.8. The number of rotatable bonds is 1. The molecule has 0 N–H and O–H groups in total. The largest absolute Gasteiger partial charge is 0.444 e. The number of halogens is 2. The Morgan fingerprint density at radius 1 is 1.44 bits per heavy atom. The molecule has 0 spiro atoms. The minimum absolute atomic E-state index is 0.0835. The molecule has 0 aromatic carbocycles. The minimum Gasteiger partial charge on any atom is -0.444 e. The van der Waals surface area contributed by atoms with E-state index in [1.165, 1.54) is 4.90 Å². The maximum atomic E-state index is 14.2. The molecule has 1 rings (SSSR count). The Hall–Kier alpha value is -0.190. The summed E-state index contributed by atoms with van der Waals surface area (Å²) in [4.78, 5) is 13.0. The van der Waals surface area contributed by atoms with Gasteiger partial charge in [0.2, 0.25) is 0 Å². The molecule has 0 bridgehead atoms. The van der Waals surface area contributed by atoms with Crippen molar-refractivity contribution in [2.24, 2.45) is 0 Å². The van der Waals surface area contributed by atoms with Crippen molar-refractivity contribution >= 4 is 37.7 Å². The van der Waals surface area contributed by atoms with Gasteiger partial charge in [0, 0.05) is 4.12 Å². The standard InChI is InChI=1S/C9H17B2BrFNO2/c1-7(2,3)16-6(15)14-4-8(13,5-14)9(10,11)12/h4-5,10-11H2,1-3H3. The lowest BCUT2D eigenvalue weighted by atomic mass is 9.59. The molecule has 1 aliphatic heterocycles. The van der Waals surface area contributed by atoms with Crippen LogP contribution in [0.15, 0.2) is 0 Å². The number of carbonyl (C=O) groups excluding carboxylic acids is 1. The first kappa shape index (κ1) is 13.9. The fraction of sp³-hybridized carbons (Fsp3) is 0.889. The molecule has 7 heteroatoms. The molecule has 1 aliphatic rings. The van der Waals surface area contributed by atoms with E-state index in [1.54, 1.807) is 36.5 Å². The minimum atomic E-state index is -1.37. The fourth-order valence-electron chi connectivity index (χ4n) is 1.39. The lowest BCUT2D eigenvalue weighted by Crippen LogP contribution is -2.70. The summed E-state index contributed by atoms with van der Waals surface area (Å²) >= 11 is 3.30. The molecule has 0 saturated carbocycles. The molecule has 0 radical (unpaired) electrons. The number of amides is 1. The molecule has 0 aliphatic carbocycles. The first-order valence-electron chi connectivity index (χ1n) is 5.30. The van der Waals surface area contributed by atoms with Gasteiger partial charge in [0.1, 0.15) is 27.0 Å². The summed E-state index contributed by atoms with van der Waals surface area (Å²) in [5.41, 5.74) is -1.90. The third-order valence-electron chi connectivity index (χ3n) is 2.60. The molecular formula is C9H17B2BrFNO2. The van der Waals surface area contributed by atoms with E-state index < -0.39 is 21.5 Å². The molecule has 0 unspecified atom stereocenters. The van der Waals surface area contributed by atoms with E-state index in [-0.39, 0.29) is 13.1 Å². The van der Waals surface area contributed by atoms with Crippen LogP contribution in [0.1, 0.15) is 20.8 Å². The third kappa shape index (κ3) is 2.93. The van der Waals surface area contributed by atoms with Crippen molar-refractivity contribution in [1.82, 2.24) is 4.90 Å². The molecule has 0 atom stereocenters. The quantitative estimate of drug-likeness (QED) is 0.512. The highest BCUT2D eigenvalue weighted by Gasteiger charge is 2.55. The van der Waals surface area contributed by atoms with Crippen molar-refractivity contribution in [3.63, 3.8) is 0 Å². The van der Waals surface area contributed by atoms with Gasteiger partial charge in [-0.2, -0.15) is 0 Å². The van der Waals surface area contributed by atoms with Gasteiger partial charge in [0.15, 0.2) is 0 Å². The summed E-state index contributed by atoms with van der Waals surface area (Å²) in [6, 6.07) is 0. The Labute approximate surface area is 106 Å². The molecule has 3 nitrogen and oxygen atoms in total. The Morgan fingerprint density at radius 2 is 1.88 bits per heavy atom.